The number of fused-ring (bicyclic) bond motifs is 3. The first-order chi connectivity index (χ1) is 24.0. The lowest BCUT2D eigenvalue weighted by molar-refractivity contribution is -0.141. The third-order valence-corrected chi connectivity index (χ3v) is 10.8. The van der Waals surface area contributed by atoms with E-state index in [2.05, 4.69) is 15.4 Å². The van der Waals surface area contributed by atoms with E-state index in [9.17, 15) is 27.6 Å². The Hall–Kier alpha value is -4.18. The normalized spacial score (nSPS) is 26.1. The second kappa shape index (κ2) is 15.2. The van der Waals surface area contributed by atoms with E-state index >= 15 is 0 Å². The number of hydrogen-bond acceptors (Lipinski definition) is 9. The average molecular weight is 730 g/mol. The zero-order chi connectivity index (χ0) is 37.1. The molecule has 2 aromatic rings. The highest BCUT2D eigenvalue weighted by Crippen LogP contribution is 2.46. The number of benzene rings is 1. The molecule has 3 N–H and O–H groups in total. The Kier molecular flexibility index (Phi) is 11.3. The number of amides is 4. The van der Waals surface area contributed by atoms with Crippen LogP contribution in [0.25, 0.3) is 11.0 Å². The van der Waals surface area contributed by atoms with Crippen molar-refractivity contribution in [3.05, 3.63) is 36.4 Å². The van der Waals surface area contributed by atoms with Gasteiger partial charge in [-0.1, -0.05) is 44.1 Å². The van der Waals surface area contributed by atoms with Gasteiger partial charge in [-0.3, -0.25) is 19.0 Å². The zero-order valence-electron chi connectivity index (χ0n) is 30.3. The van der Waals surface area contributed by atoms with Crippen molar-refractivity contribution in [2.45, 2.75) is 115 Å². The van der Waals surface area contributed by atoms with Crippen LogP contribution in [0.3, 0.4) is 0 Å². The van der Waals surface area contributed by atoms with E-state index in [1.807, 2.05) is 47.9 Å². The van der Waals surface area contributed by atoms with Crippen molar-refractivity contribution in [2.24, 2.45) is 5.92 Å². The number of carbonyl (C=O) groups excluding carboxylic acids is 4. The molecule has 5 atom stereocenters. The van der Waals surface area contributed by atoms with Crippen LogP contribution in [0.4, 0.5) is 4.79 Å². The zero-order valence-corrected chi connectivity index (χ0v) is 31.1. The summed E-state index contributed by atoms with van der Waals surface area (Å²) < 4.78 is 42.2. The van der Waals surface area contributed by atoms with E-state index in [4.69, 9.17) is 14.5 Å². The number of rotatable bonds is 8. The van der Waals surface area contributed by atoms with Crippen LogP contribution in [-0.4, -0.2) is 101 Å². The van der Waals surface area contributed by atoms with Crippen LogP contribution >= 0.6 is 0 Å². The second-order valence-electron chi connectivity index (χ2n) is 14.8. The molecule has 1 aromatic heterocycles. The average Bonchev–Trinajstić information content (AvgIpc) is 3.39. The number of carbonyl (C=O) groups is 4. The Labute approximate surface area is 299 Å². The molecule has 1 aliphatic carbocycles. The molecule has 0 spiro atoms. The van der Waals surface area contributed by atoms with E-state index in [0.29, 0.717) is 31.8 Å². The van der Waals surface area contributed by atoms with Crippen LogP contribution in [0.5, 0.6) is 6.01 Å². The molecular weight excluding hydrogens is 678 g/mol. The predicted molar refractivity (Wildman–Crippen MR) is 190 cm³/mol. The third-order valence-electron chi connectivity index (χ3n) is 9.38. The van der Waals surface area contributed by atoms with E-state index in [1.165, 1.54) is 19.0 Å². The van der Waals surface area contributed by atoms with Crippen molar-refractivity contribution in [3.8, 4) is 6.01 Å². The summed E-state index contributed by atoms with van der Waals surface area (Å²) in [5.74, 6) is -2.42. The summed E-state index contributed by atoms with van der Waals surface area (Å²) in [7, 11) is -1.56. The molecule has 2 aliphatic heterocycles. The SMILES string of the molecule is CCCn1c(OC2CC3C(=O)NC4(C(=O)NS(=O)(=O)N(C)C)CC4C=CCCCCCC(NC(=O)OC(C)(C)C)C(=O)N3C2)nc2ccccc21. The number of allylic oxidation sites excluding steroid dienone is 1. The van der Waals surface area contributed by atoms with Gasteiger partial charge < -0.3 is 25.0 Å². The predicted octanol–water partition coefficient (Wildman–Crippen LogP) is 3.01. The number of imidazole rings is 1. The summed E-state index contributed by atoms with van der Waals surface area (Å²) in [4.78, 5) is 61.4. The molecule has 2 fully saturated rings. The Balaban J connectivity index is 1.48. The molecule has 1 aromatic carbocycles. The Bertz CT molecular complexity index is 1770. The van der Waals surface area contributed by atoms with Crippen LogP contribution in [0, 0.1) is 5.92 Å². The van der Waals surface area contributed by atoms with Crippen molar-refractivity contribution in [1.29, 1.82) is 0 Å². The van der Waals surface area contributed by atoms with Crippen LogP contribution in [0.15, 0.2) is 36.4 Å². The second-order valence-corrected chi connectivity index (χ2v) is 16.7. The Morgan fingerprint density at radius 3 is 2.59 bits per heavy atom. The first kappa shape index (κ1) is 38.1. The molecule has 3 aliphatic rings. The minimum Gasteiger partial charge on any atom is -0.459 e. The van der Waals surface area contributed by atoms with E-state index in [0.717, 1.165) is 34.6 Å². The highest BCUT2D eigenvalue weighted by molar-refractivity contribution is 7.87. The Morgan fingerprint density at radius 1 is 1.14 bits per heavy atom. The Morgan fingerprint density at radius 2 is 1.88 bits per heavy atom. The molecule has 15 nitrogen and oxygen atoms in total. The third kappa shape index (κ3) is 8.83. The lowest BCUT2D eigenvalue weighted by Crippen LogP contribution is -2.58. The van der Waals surface area contributed by atoms with Gasteiger partial charge in [0, 0.05) is 33.0 Å². The van der Waals surface area contributed by atoms with Gasteiger partial charge in [-0.2, -0.15) is 17.7 Å². The van der Waals surface area contributed by atoms with E-state index in [1.54, 1.807) is 20.8 Å². The summed E-state index contributed by atoms with van der Waals surface area (Å²) in [6.45, 7) is 7.88. The van der Waals surface area contributed by atoms with Gasteiger partial charge in [0.25, 0.3) is 11.9 Å². The van der Waals surface area contributed by atoms with Crippen molar-refractivity contribution >= 4 is 45.1 Å². The minimum atomic E-state index is -4.15. The van der Waals surface area contributed by atoms with Crippen molar-refractivity contribution < 1.29 is 37.1 Å². The molecule has 0 radical (unpaired) electrons. The summed E-state index contributed by atoms with van der Waals surface area (Å²) in [6, 6.07) is 5.92. The molecule has 1 saturated carbocycles. The number of nitrogens with zero attached hydrogens (tertiary/aromatic N) is 4. The molecule has 16 heteroatoms. The van der Waals surface area contributed by atoms with E-state index < -0.39 is 69.3 Å². The minimum absolute atomic E-state index is 0.0102. The molecule has 3 heterocycles. The lowest BCUT2D eigenvalue weighted by atomic mass is 10.0. The van der Waals surface area contributed by atoms with Gasteiger partial charge in [-0.05, 0) is 65.0 Å². The van der Waals surface area contributed by atoms with Gasteiger partial charge in [0.15, 0.2) is 0 Å². The smallest absolute Gasteiger partial charge is 0.408 e. The monoisotopic (exact) mass is 729 g/mol. The fourth-order valence-corrected chi connectivity index (χ4v) is 7.25. The molecule has 5 unspecified atom stereocenters. The standard InChI is InChI=1S/C35H51N7O8S/c1-7-19-41-27-18-14-13-16-25(27)36-32(41)49-24-20-28-29(43)38-35(31(45)39-51(47,48)40(5)6)21-23(35)15-11-9-8-10-12-17-26(30(44)42(28)22-24)37-33(46)50-34(2,3)4/h11,13-16,18,23-24,26,28H,7-10,12,17,19-22H2,1-6H3,(H,37,46)(H,38,43)(H,39,45). The molecule has 1 saturated heterocycles. The van der Waals surface area contributed by atoms with Gasteiger partial charge >= 0.3 is 16.3 Å². The maximum Gasteiger partial charge on any atom is 0.408 e. The topological polar surface area (TPSA) is 181 Å². The number of ether oxygens (including phenoxy) is 2. The molecule has 0 bridgehead atoms. The number of nitrogens with one attached hydrogen (secondary N) is 3. The number of hydrogen-bond donors (Lipinski definition) is 3. The maximum atomic E-state index is 14.4. The van der Waals surface area contributed by atoms with Crippen molar-refractivity contribution in [2.75, 3.05) is 20.6 Å². The van der Waals surface area contributed by atoms with Gasteiger partial charge in [0.2, 0.25) is 11.8 Å². The van der Waals surface area contributed by atoms with E-state index in [-0.39, 0.29) is 19.4 Å². The highest BCUT2D eigenvalue weighted by Gasteiger charge is 2.61. The summed E-state index contributed by atoms with van der Waals surface area (Å²) in [5.41, 5.74) is -0.689. The van der Waals surface area contributed by atoms with Crippen molar-refractivity contribution in [1.82, 2.24) is 34.1 Å². The summed E-state index contributed by atoms with van der Waals surface area (Å²) in [6.07, 6.45) is 6.64. The van der Waals surface area contributed by atoms with Crippen molar-refractivity contribution in [3.63, 3.8) is 0 Å². The fraction of sp³-hybridized carbons (Fsp3) is 0.629. The molecule has 4 amide bonds. The van der Waals surface area contributed by atoms with Crippen LogP contribution < -0.4 is 20.1 Å². The summed E-state index contributed by atoms with van der Waals surface area (Å²) >= 11 is 0. The quantitative estimate of drug-likeness (QED) is 0.344. The number of alkyl carbamates (subject to hydrolysis) is 1. The highest BCUT2D eigenvalue weighted by atomic mass is 32.2. The maximum absolute atomic E-state index is 14.4. The fourth-order valence-electron chi connectivity index (χ4n) is 6.65. The van der Waals surface area contributed by atoms with Crippen LogP contribution in [-0.2, 0) is 35.9 Å². The van der Waals surface area contributed by atoms with Gasteiger partial charge in [0.05, 0.1) is 17.6 Å². The number of aromatic nitrogens is 2. The first-order valence-corrected chi connectivity index (χ1v) is 19.1. The van der Waals surface area contributed by atoms with Crippen LogP contribution in [0.2, 0.25) is 0 Å². The van der Waals surface area contributed by atoms with Gasteiger partial charge in [0.1, 0.15) is 29.3 Å². The van der Waals surface area contributed by atoms with Crippen LogP contribution in [0.1, 0.15) is 79.1 Å². The first-order valence-electron chi connectivity index (χ1n) is 17.7. The molecule has 51 heavy (non-hydrogen) atoms. The van der Waals surface area contributed by atoms with Gasteiger partial charge in [-0.15, -0.1) is 0 Å². The number of aryl methyl sites for hydroxylation is 1. The van der Waals surface area contributed by atoms with Gasteiger partial charge in [-0.25, -0.2) is 9.52 Å². The largest absolute Gasteiger partial charge is 0.459 e. The number of para-hydroxylation sites is 2. The molecule has 280 valence electrons. The molecular formula is C35H51N7O8S. The molecule has 5 rings (SSSR count). The lowest BCUT2D eigenvalue weighted by Gasteiger charge is -2.30. The summed E-state index contributed by atoms with van der Waals surface area (Å²) in [5, 5.41) is 5.59.